The maximum absolute atomic E-state index is 12.9. The SMILES string of the molecule is Cc1cnc(NN)nc1Nc1ccccc1C(F)(F)F. The standard InChI is InChI=1S/C12H12F3N5/c1-7-6-17-11(20-16)19-10(7)18-9-5-3-2-4-8(9)12(13,14)15/h2-6H,16H2,1H3,(H2,17,18,19,20). The maximum Gasteiger partial charge on any atom is 0.418 e. The van der Waals surface area contributed by atoms with Crippen molar-refractivity contribution >= 4 is 17.5 Å². The molecule has 5 nitrogen and oxygen atoms in total. The Morgan fingerprint density at radius 1 is 1.20 bits per heavy atom. The molecule has 0 radical (unpaired) electrons. The highest BCUT2D eigenvalue weighted by Gasteiger charge is 2.33. The minimum absolute atomic E-state index is 0.0789. The third-order valence-electron chi connectivity index (χ3n) is 2.59. The largest absolute Gasteiger partial charge is 0.418 e. The molecule has 2 rings (SSSR count). The van der Waals surface area contributed by atoms with Crippen LogP contribution in [0, 0.1) is 6.92 Å². The number of rotatable bonds is 3. The van der Waals surface area contributed by atoms with Gasteiger partial charge in [0.05, 0.1) is 11.3 Å². The van der Waals surface area contributed by atoms with Gasteiger partial charge in [-0.2, -0.15) is 18.2 Å². The number of aryl methyl sites for hydroxylation is 1. The van der Waals surface area contributed by atoms with E-state index in [9.17, 15) is 13.2 Å². The monoisotopic (exact) mass is 283 g/mol. The van der Waals surface area contributed by atoms with Gasteiger partial charge in [0.25, 0.3) is 0 Å². The number of anilines is 3. The summed E-state index contributed by atoms with van der Waals surface area (Å²) < 4.78 is 38.7. The van der Waals surface area contributed by atoms with Crippen molar-refractivity contribution in [3.63, 3.8) is 0 Å². The van der Waals surface area contributed by atoms with E-state index < -0.39 is 11.7 Å². The molecule has 106 valence electrons. The van der Waals surface area contributed by atoms with Crippen LogP contribution < -0.4 is 16.6 Å². The van der Waals surface area contributed by atoms with Crippen molar-refractivity contribution in [1.82, 2.24) is 9.97 Å². The number of nitrogens with one attached hydrogen (secondary N) is 2. The van der Waals surface area contributed by atoms with E-state index in [-0.39, 0.29) is 17.5 Å². The van der Waals surface area contributed by atoms with Crippen LogP contribution in [0.25, 0.3) is 0 Å². The Balaban J connectivity index is 2.40. The molecule has 0 atom stereocenters. The zero-order valence-corrected chi connectivity index (χ0v) is 10.5. The van der Waals surface area contributed by atoms with Crippen LogP contribution in [0.2, 0.25) is 0 Å². The second-order valence-corrected chi connectivity index (χ2v) is 4.04. The van der Waals surface area contributed by atoms with Gasteiger partial charge in [-0.3, -0.25) is 5.43 Å². The lowest BCUT2D eigenvalue weighted by atomic mass is 10.1. The Bertz CT molecular complexity index is 612. The number of halogens is 3. The number of nitrogens with zero attached hydrogens (tertiary/aromatic N) is 2. The van der Waals surface area contributed by atoms with Crippen molar-refractivity contribution < 1.29 is 13.2 Å². The summed E-state index contributed by atoms with van der Waals surface area (Å²) in [4.78, 5) is 7.84. The Labute approximate surface area is 113 Å². The predicted molar refractivity (Wildman–Crippen MR) is 69.3 cm³/mol. The molecule has 20 heavy (non-hydrogen) atoms. The van der Waals surface area contributed by atoms with Crippen molar-refractivity contribution in [2.45, 2.75) is 13.1 Å². The normalized spacial score (nSPS) is 11.2. The summed E-state index contributed by atoms with van der Waals surface area (Å²) in [6.07, 6.45) is -2.99. The lowest BCUT2D eigenvalue weighted by Crippen LogP contribution is -2.13. The number of benzene rings is 1. The predicted octanol–water partition coefficient (Wildman–Crippen LogP) is 2.83. The first-order chi connectivity index (χ1) is 9.41. The quantitative estimate of drug-likeness (QED) is 0.596. The molecule has 1 aromatic heterocycles. The van der Waals surface area contributed by atoms with Gasteiger partial charge < -0.3 is 5.32 Å². The van der Waals surface area contributed by atoms with E-state index in [4.69, 9.17) is 5.84 Å². The molecule has 0 amide bonds. The molecule has 0 unspecified atom stereocenters. The molecule has 1 heterocycles. The third-order valence-corrected chi connectivity index (χ3v) is 2.59. The van der Waals surface area contributed by atoms with Crippen LogP contribution in [-0.4, -0.2) is 9.97 Å². The molecule has 1 aromatic carbocycles. The summed E-state index contributed by atoms with van der Waals surface area (Å²) in [5.41, 5.74) is 2.00. The first-order valence-electron chi connectivity index (χ1n) is 5.65. The number of hydrazine groups is 1. The highest BCUT2D eigenvalue weighted by atomic mass is 19.4. The Kier molecular flexibility index (Phi) is 3.75. The minimum Gasteiger partial charge on any atom is -0.339 e. The second kappa shape index (κ2) is 5.33. The van der Waals surface area contributed by atoms with Gasteiger partial charge >= 0.3 is 6.18 Å². The molecule has 0 aliphatic carbocycles. The van der Waals surface area contributed by atoms with Crippen LogP contribution >= 0.6 is 0 Å². The van der Waals surface area contributed by atoms with Crippen LogP contribution in [-0.2, 0) is 6.18 Å². The van der Waals surface area contributed by atoms with Gasteiger partial charge in [-0.15, -0.1) is 0 Å². The fraction of sp³-hybridized carbons (Fsp3) is 0.167. The van der Waals surface area contributed by atoms with E-state index in [0.717, 1.165) is 6.07 Å². The van der Waals surface area contributed by atoms with Gasteiger partial charge in [-0.25, -0.2) is 10.8 Å². The molecule has 2 aromatic rings. The van der Waals surface area contributed by atoms with Crippen LogP contribution in [0.15, 0.2) is 30.5 Å². The minimum atomic E-state index is -4.44. The van der Waals surface area contributed by atoms with Crippen LogP contribution in [0.1, 0.15) is 11.1 Å². The van der Waals surface area contributed by atoms with Crippen molar-refractivity contribution in [2.75, 3.05) is 10.7 Å². The maximum atomic E-state index is 12.9. The van der Waals surface area contributed by atoms with Gasteiger partial charge in [0.2, 0.25) is 5.95 Å². The Morgan fingerprint density at radius 2 is 1.90 bits per heavy atom. The number of nitrogens with two attached hydrogens (primary N) is 1. The number of hydrogen-bond acceptors (Lipinski definition) is 5. The molecule has 0 spiro atoms. The zero-order chi connectivity index (χ0) is 14.8. The summed E-state index contributed by atoms with van der Waals surface area (Å²) in [6.45, 7) is 1.68. The van der Waals surface area contributed by atoms with E-state index in [1.807, 2.05) is 0 Å². The van der Waals surface area contributed by atoms with Crippen LogP contribution in [0.3, 0.4) is 0 Å². The lowest BCUT2D eigenvalue weighted by Gasteiger charge is -2.15. The summed E-state index contributed by atoms with van der Waals surface area (Å²) >= 11 is 0. The van der Waals surface area contributed by atoms with Gasteiger partial charge in [0, 0.05) is 11.8 Å². The molecule has 8 heteroatoms. The molecular weight excluding hydrogens is 271 g/mol. The highest BCUT2D eigenvalue weighted by Crippen LogP contribution is 2.35. The number of nitrogen functional groups attached to an aromatic ring is 1. The number of alkyl halides is 3. The van der Waals surface area contributed by atoms with Crippen molar-refractivity contribution in [3.8, 4) is 0 Å². The van der Waals surface area contributed by atoms with Crippen molar-refractivity contribution in [2.24, 2.45) is 5.84 Å². The summed E-state index contributed by atoms with van der Waals surface area (Å²) in [5, 5.41) is 2.66. The van der Waals surface area contributed by atoms with E-state index >= 15 is 0 Å². The molecule has 0 bridgehead atoms. The number of hydrogen-bond donors (Lipinski definition) is 3. The first-order valence-corrected chi connectivity index (χ1v) is 5.65. The molecule has 0 aliphatic rings. The van der Waals surface area contributed by atoms with E-state index in [2.05, 4.69) is 20.7 Å². The van der Waals surface area contributed by atoms with Crippen molar-refractivity contribution in [3.05, 3.63) is 41.6 Å². The molecule has 0 aliphatic heterocycles. The summed E-state index contributed by atoms with van der Waals surface area (Å²) in [6, 6.07) is 5.17. The smallest absolute Gasteiger partial charge is 0.339 e. The molecule has 0 saturated heterocycles. The molecular formula is C12H12F3N5. The van der Waals surface area contributed by atoms with Crippen molar-refractivity contribution in [1.29, 1.82) is 0 Å². The average molecular weight is 283 g/mol. The van der Waals surface area contributed by atoms with Gasteiger partial charge in [0.15, 0.2) is 0 Å². The Hall–Kier alpha value is -2.35. The van der Waals surface area contributed by atoms with Crippen LogP contribution in [0.4, 0.5) is 30.6 Å². The fourth-order valence-electron chi connectivity index (χ4n) is 1.61. The summed E-state index contributed by atoms with van der Waals surface area (Å²) in [5.74, 6) is 5.55. The first kappa shape index (κ1) is 14.1. The average Bonchev–Trinajstić information content (AvgIpc) is 2.41. The van der Waals surface area contributed by atoms with Gasteiger partial charge in [0.1, 0.15) is 5.82 Å². The Morgan fingerprint density at radius 3 is 2.55 bits per heavy atom. The highest BCUT2D eigenvalue weighted by molar-refractivity contribution is 5.64. The van der Waals surface area contributed by atoms with E-state index in [1.165, 1.54) is 24.4 Å². The number of aromatic nitrogens is 2. The third kappa shape index (κ3) is 2.97. The number of para-hydroxylation sites is 1. The van der Waals surface area contributed by atoms with E-state index in [1.54, 1.807) is 6.92 Å². The zero-order valence-electron chi connectivity index (χ0n) is 10.5. The topological polar surface area (TPSA) is 75.9 Å². The van der Waals surface area contributed by atoms with Gasteiger partial charge in [-0.05, 0) is 19.1 Å². The molecule has 0 fully saturated rings. The van der Waals surface area contributed by atoms with E-state index in [0.29, 0.717) is 5.56 Å². The lowest BCUT2D eigenvalue weighted by molar-refractivity contribution is -0.136. The summed E-state index contributed by atoms with van der Waals surface area (Å²) in [7, 11) is 0. The molecule has 0 saturated carbocycles. The van der Waals surface area contributed by atoms with Gasteiger partial charge in [-0.1, -0.05) is 12.1 Å². The fourth-order valence-corrected chi connectivity index (χ4v) is 1.61. The second-order valence-electron chi connectivity index (χ2n) is 4.04. The van der Waals surface area contributed by atoms with Crippen LogP contribution in [0.5, 0.6) is 0 Å². The molecule has 4 N–H and O–H groups in total.